The molecule has 1 aliphatic heterocycles. The van der Waals surface area contributed by atoms with Gasteiger partial charge in [0.25, 0.3) is 0 Å². The van der Waals surface area contributed by atoms with E-state index in [4.69, 9.17) is 0 Å². The van der Waals surface area contributed by atoms with E-state index < -0.39 is 0 Å². The molecule has 0 atom stereocenters. The largest absolute Gasteiger partial charge is 0.354 e. The quantitative estimate of drug-likeness (QED) is 0.680. The van der Waals surface area contributed by atoms with Gasteiger partial charge in [0.15, 0.2) is 0 Å². The topological polar surface area (TPSA) is 88.0 Å². The highest BCUT2D eigenvalue weighted by molar-refractivity contribution is 5.85. The lowest BCUT2D eigenvalue weighted by atomic mass is 10.2. The molecule has 0 bridgehead atoms. The number of hydrogen-bond donors (Lipinski definition) is 2. The minimum atomic E-state index is -0.0904. The Labute approximate surface area is 153 Å². The van der Waals surface area contributed by atoms with E-state index in [-0.39, 0.29) is 24.9 Å². The number of nitrogens with zero attached hydrogens (tertiary/aromatic N) is 5. The first-order valence-corrected chi connectivity index (χ1v) is 8.34. The zero-order valence-electron chi connectivity index (χ0n) is 14.1. The Hall–Kier alpha value is -2.03. The summed E-state index contributed by atoms with van der Waals surface area (Å²) in [5.74, 6) is 0.439. The molecule has 25 heavy (non-hydrogen) atoms. The Bertz CT molecular complexity index is 643. The predicted octanol–water partition coefficient (Wildman–Crippen LogP) is 0.173. The maximum Gasteiger partial charge on any atom is 0.243 e. The van der Waals surface area contributed by atoms with Gasteiger partial charge in [-0.1, -0.05) is 30.3 Å². The van der Waals surface area contributed by atoms with Crippen LogP contribution in [0.2, 0.25) is 0 Å². The van der Waals surface area contributed by atoms with Gasteiger partial charge in [-0.2, -0.15) is 4.80 Å². The van der Waals surface area contributed by atoms with Crippen molar-refractivity contribution in [2.45, 2.75) is 13.0 Å². The normalized spacial score (nSPS) is 14.7. The molecule has 0 unspecified atom stereocenters. The van der Waals surface area contributed by atoms with E-state index in [1.165, 1.54) is 4.80 Å². The molecule has 2 N–H and O–H groups in total. The van der Waals surface area contributed by atoms with Gasteiger partial charge in [0.2, 0.25) is 11.7 Å². The minimum Gasteiger partial charge on any atom is -0.354 e. The number of carbonyl (C=O) groups is 1. The first-order chi connectivity index (χ1) is 11.8. The maximum absolute atomic E-state index is 11.9. The van der Waals surface area contributed by atoms with Crippen LogP contribution in [-0.2, 0) is 11.3 Å². The molecule has 3 rings (SSSR count). The van der Waals surface area contributed by atoms with Gasteiger partial charge in [-0.15, -0.1) is 22.6 Å². The van der Waals surface area contributed by atoms with E-state index in [1.54, 1.807) is 0 Å². The molecule has 9 heteroatoms. The maximum atomic E-state index is 11.9. The van der Waals surface area contributed by atoms with Crippen molar-refractivity contribution < 1.29 is 4.79 Å². The van der Waals surface area contributed by atoms with Crippen LogP contribution in [0.3, 0.4) is 0 Å². The van der Waals surface area contributed by atoms with Gasteiger partial charge in [0.1, 0.15) is 6.54 Å². The highest BCUT2D eigenvalue weighted by atomic mass is 35.5. The average Bonchev–Trinajstić information content (AvgIpc) is 3.09. The van der Waals surface area contributed by atoms with Crippen LogP contribution >= 0.6 is 12.4 Å². The van der Waals surface area contributed by atoms with E-state index in [0.717, 1.165) is 44.7 Å². The van der Waals surface area contributed by atoms with E-state index in [0.29, 0.717) is 12.4 Å². The van der Waals surface area contributed by atoms with Crippen molar-refractivity contribution >= 4 is 18.3 Å². The molecule has 0 aliphatic carbocycles. The summed E-state index contributed by atoms with van der Waals surface area (Å²) in [5, 5.41) is 18.4. The summed E-state index contributed by atoms with van der Waals surface area (Å²) in [6.07, 6.45) is 0.950. The monoisotopic (exact) mass is 365 g/mol. The number of rotatable bonds is 7. The van der Waals surface area contributed by atoms with Crippen LogP contribution in [0.25, 0.3) is 11.4 Å². The van der Waals surface area contributed by atoms with E-state index in [1.807, 2.05) is 30.3 Å². The lowest BCUT2D eigenvalue weighted by molar-refractivity contribution is -0.122. The van der Waals surface area contributed by atoms with E-state index in [2.05, 4.69) is 30.9 Å². The third-order valence-electron chi connectivity index (χ3n) is 3.95. The molecule has 1 amide bonds. The summed E-state index contributed by atoms with van der Waals surface area (Å²) in [4.78, 5) is 15.7. The minimum absolute atomic E-state index is 0. The SMILES string of the molecule is Cl.O=C(Cn1nnc(-c2ccccc2)n1)NCCCN1CCNCC1. The molecule has 8 nitrogen and oxygen atoms in total. The van der Waals surface area contributed by atoms with Crippen molar-refractivity contribution in [2.24, 2.45) is 0 Å². The van der Waals surface area contributed by atoms with Gasteiger partial charge in [-0.25, -0.2) is 0 Å². The number of carbonyl (C=O) groups excluding carboxylic acids is 1. The first kappa shape index (κ1) is 19.3. The molecule has 1 aromatic heterocycles. The van der Waals surface area contributed by atoms with Crippen LogP contribution in [0.15, 0.2) is 30.3 Å². The molecule has 136 valence electrons. The number of aromatic nitrogens is 4. The highest BCUT2D eigenvalue weighted by Crippen LogP contribution is 2.11. The van der Waals surface area contributed by atoms with Gasteiger partial charge >= 0.3 is 0 Å². The number of halogens is 1. The zero-order valence-corrected chi connectivity index (χ0v) is 14.9. The molecule has 1 saturated heterocycles. The molecule has 0 spiro atoms. The van der Waals surface area contributed by atoms with Crippen molar-refractivity contribution in [3.63, 3.8) is 0 Å². The van der Waals surface area contributed by atoms with Crippen LogP contribution in [0.5, 0.6) is 0 Å². The van der Waals surface area contributed by atoms with Gasteiger partial charge < -0.3 is 15.5 Å². The van der Waals surface area contributed by atoms with Gasteiger partial charge in [-0.05, 0) is 18.2 Å². The van der Waals surface area contributed by atoms with E-state index in [9.17, 15) is 4.79 Å². The van der Waals surface area contributed by atoms with Crippen molar-refractivity contribution in [1.29, 1.82) is 0 Å². The summed E-state index contributed by atoms with van der Waals surface area (Å²) in [7, 11) is 0. The number of amides is 1. The summed E-state index contributed by atoms with van der Waals surface area (Å²) in [5.41, 5.74) is 0.889. The lowest BCUT2D eigenvalue weighted by Gasteiger charge is -2.27. The first-order valence-electron chi connectivity index (χ1n) is 8.34. The van der Waals surface area contributed by atoms with Crippen LogP contribution in [0.4, 0.5) is 0 Å². The van der Waals surface area contributed by atoms with Crippen molar-refractivity contribution in [1.82, 2.24) is 35.7 Å². The molecule has 1 fully saturated rings. The molecule has 2 heterocycles. The van der Waals surface area contributed by atoms with Crippen LogP contribution in [0.1, 0.15) is 6.42 Å². The Morgan fingerprint density at radius 2 is 1.96 bits per heavy atom. The average molecular weight is 366 g/mol. The summed E-state index contributed by atoms with van der Waals surface area (Å²) in [6.45, 7) is 6.04. The third-order valence-corrected chi connectivity index (χ3v) is 3.95. The lowest BCUT2D eigenvalue weighted by Crippen LogP contribution is -2.44. The molecular weight excluding hydrogens is 342 g/mol. The molecule has 0 radical (unpaired) electrons. The Kier molecular flexibility index (Phi) is 7.77. The summed E-state index contributed by atoms with van der Waals surface area (Å²) >= 11 is 0. The number of benzene rings is 1. The molecule has 1 aromatic carbocycles. The Morgan fingerprint density at radius 1 is 1.20 bits per heavy atom. The summed E-state index contributed by atoms with van der Waals surface area (Å²) in [6, 6.07) is 9.60. The number of tetrazole rings is 1. The fraction of sp³-hybridized carbons (Fsp3) is 0.500. The Morgan fingerprint density at radius 3 is 2.72 bits per heavy atom. The van der Waals surface area contributed by atoms with Gasteiger partial charge in [0, 0.05) is 38.3 Å². The second-order valence-electron chi connectivity index (χ2n) is 5.80. The van der Waals surface area contributed by atoms with Crippen molar-refractivity contribution in [3.8, 4) is 11.4 Å². The van der Waals surface area contributed by atoms with E-state index >= 15 is 0 Å². The van der Waals surface area contributed by atoms with Crippen LogP contribution < -0.4 is 10.6 Å². The van der Waals surface area contributed by atoms with Crippen LogP contribution in [-0.4, -0.2) is 70.3 Å². The number of piperazine rings is 1. The molecule has 1 aliphatic rings. The number of nitrogens with one attached hydrogen (secondary N) is 2. The fourth-order valence-electron chi connectivity index (χ4n) is 2.66. The van der Waals surface area contributed by atoms with Gasteiger partial charge in [-0.3, -0.25) is 4.79 Å². The van der Waals surface area contributed by atoms with Gasteiger partial charge in [0.05, 0.1) is 0 Å². The second kappa shape index (κ2) is 10.1. The molecule has 2 aromatic rings. The fourth-order valence-corrected chi connectivity index (χ4v) is 2.66. The number of hydrogen-bond acceptors (Lipinski definition) is 6. The zero-order chi connectivity index (χ0) is 16.6. The smallest absolute Gasteiger partial charge is 0.243 e. The Balaban J connectivity index is 0.00000225. The standard InChI is InChI=1S/C16H23N7O.ClH/c24-15(18-7-4-10-22-11-8-17-9-12-22)13-23-20-16(19-21-23)14-5-2-1-3-6-14;/h1-3,5-6,17H,4,7-13H2,(H,18,24);1H. The molecule has 0 saturated carbocycles. The highest BCUT2D eigenvalue weighted by Gasteiger charge is 2.10. The molecular formula is C16H24ClN7O. The van der Waals surface area contributed by atoms with Crippen molar-refractivity contribution in [3.05, 3.63) is 30.3 Å². The predicted molar refractivity (Wildman–Crippen MR) is 97.4 cm³/mol. The second-order valence-corrected chi connectivity index (χ2v) is 5.80. The van der Waals surface area contributed by atoms with Crippen molar-refractivity contribution in [2.75, 3.05) is 39.3 Å². The van der Waals surface area contributed by atoms with Crippen LogP contribution in [0, 0.1) is 0 Å². The third kappa shape index (κ3) is 6.08. The summed E-state index contributed by atoms with van der Waals surface area (Å²) < 4.78 is 0.